The molecule has 0 bridgehead atoms. The SMILES string of the molecule is CCn1c(=O)[nH]c2ccc(C(=O)NCC3CC(O)CN3C)cc21. The van der Waals surface area contributed by atoms with E-state index in [9.17, 15) is 14.7 Å². The smallest absolute Gasteiger partial charge is 0.326 e. The third-order valence-electron chi connectivity index (χ3n) is 4.52. The minimum atomic E-state index is -0.322. The number of likely N-dealkylation sites (tertiary alicyclic amines) is 1. The lowest BCUT2D eigenvalue weighted by molar-refractivity contribution is 0.0943. The highest BCUT2D eigenvalue weighted by atomic mass is 16.3. The molecule has 1 aromatic carbocycles. The summed E-state index contributed by atoms with van der Waals surface area (Å²) in [4.78, 5) is 29.0. The molecule has 3 rings (SSSR count). The molecule has 1 aliphatic heterocycles. The zero-order chi connectivity index (χ0) is 16.6. The molecule has 0 aliphatic carbocycles. The summed E-state index contributed by atoms with van der Waals surface area (Å²) >= 11 is 0. The minimum absolute atomic E-state index is 0.152. The predicted octanol–water partition coefficient (Wildman–Crippen LogP) is 0.144. The molecule has 2 aromatic rings. The number of aliphatic hydroxyl groups is 1. The molecule has 0 saturated carbocycles. The van der Waals surface area contributed by atoms with Gasteiger partial charge in [-0.3, -0.25) is 14.3 Å². The fourth-order valence-corrected chi connectivity index (χ4v) is 3.21. The summed E-state index contributed by atoms with van der Waals surface area (Å²) in [5, 5.41) is 12.6. The normalized spacial score (nSPS) is 21.9. The van der Waals surface area contributed by atoms with Gasteiger partial charge in [0.1, 0.15) is 0 Å². The molecule has 0 spiro atoms. The first-order valence-electron chi connectivity index (χ1n) is 7.88. The molecule has 2 atom stereocenters. The van der Waals surface area contributed by atoms with Crippen molar-refractivity contribution < 1.29 is 9.90 Å². The largest absolute Gasteiger partial charge is 0.392 e. The fraction of sp³-hybridized carbons (Fsp3) is 0.500. The van der Waals surface area contributed by atoms with Crippen LogP contribution in [0, 0.1) is 0 Å². The molecule has 1 fully saturated rings. The average Bonchev–Trinajstić information content (AvgIpc) is 3.01. The Morgan fingerprint density at radius 3 is 2.91 bits per heavy atom. The number of aromatic amines is 1. The van der Waals surface area contributed by atoms with Crippen molar-refractivity contribution in [3.05, 3.63) is 34.2 Å². The van der Waals surface area contributed by atoms with Crippen LogP contribution in [0.3, 0.4) is 0 Å². The van der Waals surface area contributed by atoms with E-state index in [1.807, 2.05) is 14.0 Å². The lowest BCUT2D eigenvalue weighted by Gasteiger charge is -2.19. The van der Waals surface area contributed by atoms with Gasteiger partial charge in [-0.05, 0) is 38.6 Å². The standard InChI is InChI=1S/C16H22N4O3/c1-3-20-14-6-10(4-5-13(14)18-16(20)23)15(22)17-8-11-7-12(21)9-19(11)2/h4-6,11-12,21H,3,7-9H2,1-2H3,(H,17,22)(H,18,23). The first kappa shape index (κ1) is 15.8. The van der Waals surface area contributed by atoms with Crippen molar-refractivity contribution >= 4 is 16.9 Å². The van der Waals surface area contributed by atoms with Crippen molar-refractivity contribution in [1.29, 1.82) is 0 Å². The number of imidazole rings is 1. The molecule has 1 aromatic heterocycles. The maximum Gasteiger partial charge on any atom is 0.326 e. The molecule has 1 saturated heterocycles. The quantitative estimate of drug-likeness (QED) is 0.748. The fourth-order valence-electron chi connectivity index (χ4n) is 3.21. The third kappa shape index (κ3) is 3.02. The molecule has 7 nitrogen and oxygen atoms in total. The lowest BCUT2D eigenvalue weighted by atomic mass is 10.1. The maximum absolute atomic E-state index is 12.3. The number of amides is 1. The summed E-state index contributed by atoms with van der Waals surface area (Å²) in [5.74, 6) is -0.169. The Kier molecular flexibility index (Phi) is 4.23. The second-order valence-electron chi connectivity index (χ2n) is 6.10. The van der Waals surface area contributed by atoms with E-state index in [4.69, 9.17) is 0 Å². The molecule has 2 heterocycles. The van der Waals surface area contributed by atoms with Crippen LogP contribution in [0.4, 0.5) is 0 Å². The number of aromatic nitrogens is 2. The van der Waals surface area contributed by atoms with Crippen molar-refractivity contribution in [1.82, 2.24) is 19.8 Å². The summed E-state index contributed by atoms with van der Waals surface area (Å²) in [7, 11) is 1.94. The number of carbonyl (C=O) groups is 1. The Balaban J connectivity index is 1.74. The first-order chi connectivity index (χ1) is 11.0. The highest BCUT2D eigenvalue weighted by Gasteiger charge is 2.28. The number of likely N-dealkylation sites (N-methyl/N-ethyl adjacent to an activating group) is 1. The van der Waals surface area contributed by atoms with E-state index >= 15 is 0 Å². The van der Waals surface area contributed by atoms with E-state index in [2.05, 4.69) is 15.2 Å². The number of aryl methyl sites for hydroxylation is 1. The highest BCUT2D eigenvalue weighted by Crippen LogP contribution is 2.16. The van der Waals surface area contributed by atoms with Gasteiger partial charge in [-0.15, -0.1) is 0 Å². The van der Waals surface area contributed by atoms with Crippen LogP contribution in [0.2, 0.25) is 0 Å². The summed E-state index contributed by atoms with van der Waals surface area (Å²) < 4.78 is 1.60. The summed E-state index contributed by atoms with van der Waals surface area (Å²) in [6.45, 7) is 3.58. The molecule has 2 unspecified atom stereocenters. The zero-order valence-electron chi connectivity index (χ0n) is 13.4. The molecule has 124 valence electrons. The number of benzene rings is 1. The van der Waals surface area contributed by atoms with Gasteiger partial charge >= 0.3 is 5.69 Å². The highest BCUT2D eigenvalue weighted by molar-refractivity contribution is 5.97. The van der Waals surface area contributed by atoms with Gasteiger partial charge in [-0.25, -0.2) is 4.79 Å². The second kappa shape index (κ2) is 6.17. The Labute approximate surface area is 133 Å². The van der Waals surface area contributed by atoms with Crippen LogP contribution in [-0.4, -0.2) is 57.7 Å². The van der Waals surface area contributed by atoms with Gasteiger partial charge in [0.25, 0.3) is 5.91 Å². The van der Waals surface area contributed by atoms with Gasteiger partial charge in [0.05, 0.1) is 17.1 Å². The van der Waals surface area contributed by atoms with Crippen molar-refractivity contribution in [2.75, 3.05) is 20.1 Å². The summed E-state index contributed by atoms with van der Waals surface area (Å²) in [5.41, 5.74) is 1.83. The van der Waals surface area contributed by atoms with Crippen molar-refractivity contribution in [2.24, 2.45) is 0 Å². The second-order valence-corrected chi connectivity index (χ2v) is 6.10. The van der Waals surface area contributed by atoms with Gasteiger partial charge in [0.15, 0.2) is 0 Å². The Bertz CT molecular complexity index is 779. The number of nitrogens with one attached hydrogen (secondary N) is 2. The Morgan fingerprint density at radius 1 is 1.48 bits per heavy atom. The first-order valence-corrected chi connectivity index (χ1v) is 7.88. The topological polar surface area (TPSA) is 90.4 Å². The molecule has 3 N–H and O–H groups in total. The zero-order valence-corrected chi connectivity index (χ0v) is 13.4. The van der Waals surface area contributed by atoms with E-state index in [0.717, 1.165) is 11.0 Å². The monoisotopic (exact) mass is 318 g/mol. The molecule has 1 aliphatic rings. The predicted molar refractivity (Wildman–Crippen MR) is 87.6 cm³/mol. The summed E-state index contributed by atoms with van der Waals surface area (Å²) in [6.07, 6.45) is 0.348. The van der Waals surface area contributed by atoms with E-state index in [1.54, 1.807) is 22.8 Å². The number of rotatable bonds is 4. The van der Waals surface area contributed by atoms with Crippen molar-refractivity contribution in [2.45, 2.75) is 32.0 Å². The maximum atomic E-state index is 12.3. The van der Waals surface area contributed by atoms with Gasteiger partial charge in [0, 0.05) is 31.2 Å². The third-order valence-corrected chi connectivity index (χ3v) is 4.52. The van der Waals surface area contributed by atoms with Crippen LogP contribution >= 0.6 is 0 Å². The number of aliphatic hydroxyl groups excluding tert-OH is 1. The van der Waals surface area contributed by atoms with E-state index < -0.39 is 0 Å². The van der Waals surface area contributed by atoms with Crippen LogP contribution in [0.25, 0.3) is 11.0 Å². The average molecular weight is 318 g/mol. The number of hydrogen-bond acceptors (Lipinski definition) is 4. The van der Waals surface area contributed by atoms with Crippen LogP contribution in [0.1, 0.15) is 23.7 Å². The number of β-amino-alcohol motifs (C(OH)–C–C–N with tert-alkyl or cyclic N) is 1. The molecule has 7 heteroatoms. The Hall–Kier alpha value is -2.12. The number of fused-ring (bicyclic) bond motifs is 1. The van der Waals surface area contributed by atoms with Crippen LogP contribution in [0.15, 0.2) is 23.0 Å². The van der Waals surface area contributed by atoms with E-state index in [-0.39, 0.29) is 23.7 Å². The molecular weight excluding hydrogens is 296 g/mol. The van der Waals surface area contributed by atoms with Gasteiger partial charge in [-0.2, -0.15) is 0 Å². The van der Waals surface area contributed by atoms with Crippen LogP contribution in [-0.2, 0) is 6.54 Å². The molecule has 23 heavy (non-hydrogen) atoms. The number of carbonyl (C=O) groups excluding carboxylic acids is 1. The van der Waals surface area contributed by atoms with Crippen molar-refractivity contribution in [3.8, 4) is 0 Å². The van der Waals surface area contributed by atoms with Crippen molar-refractivity contribution in [3.63, 3.8) is 0 Å². The number of nitrogens with zero attached hydrogens (tertiary/aromatic N) is 2. The number of H-pyrrole nitrogens is 1. The van der Waals surface area contributed by atoms with E-state index in [1.165, 1.54) is 0 Å². The lowest BCUT2D eigenvalue weighted by Crippen LogP contribution is -2.38. The molecule has 1 amide bonds. The Morgan fingerprint density at radius 2 is 2.26 bits per heavy atom. The van der Waals surface area contributed by atoms with E-state index in [0.29, 0.717) is 31.6 Å². The van der Waals surface area contributed by atoms with Gasteiger partial charge < -0.3 is 15.4 Å². The van der Waals surface area contributed by atoms with Gasteiger partial charge in [-0.1, -0.05) is 0 Å². The summed E-state index contributed by atoms with van der Waals surface area (Å²) in [6, 6.07) is 5.35. The van der Waals surface area contributed by atoms with Gasteiger partial charge in [0.2, 0.25) is 0 Å². The van der Waals surface area contributed by atoms with Crippen LogP contribution in [0.5, 0.6) is 0 Å². The molecule has 0 radical (unpaired) electrons. The number of hydrogen-bond donors (Lipinski definition) is 3. The van der Waals surface area contributed by atoms with Crippen LogP contribution < -0.4 is 11.0 Å². The minimum Gasteiger partial charge on any atom is -0.392 e. The molecular formula is C16H22N4O3.